The lowest BCUT2D eigenvalue weighted by Crippen LogP contribution is -2.17. The number of ether oxygens (including phenoxy) is 3. The number of rotatable bonds is 8. The molecule has 0 aliphatic heterocycles. The molecule has 1 unspecified atom stereocenters. The number of nitro groups is 1. The van der Waals surface area contributed by atoms with Gasteiger partial charge < -0.3 is 14.2 Å². The summed E-state index contributed by atoms with van der Waals surface area (Å²) in [5, 5.41) is 10.7. The summed E-state index contributed by atoms with van der Waals surface area (Å²) in [5.74, 6) is 2.50. The van der Waals surface area contributed by atoms with E-state index in [1.165, 1.54) is 24.3 Å². The van der Waals surface area contributed by atoms with E-state index in [9.17, 15) is 14.9 Å². The van der Waals surface area contributed by atoms with Crippen molar-refractivity contribution in [2.75, 3.05) is 13.2 Å². The van der Waals surface area contributed by atoms with Crippen LogP contribution in [0.5, 0.6) is 11.5 Å². The Labute approximate surface area is 150 Å². The maximum absolute atomic E-state index is 12.0. The molecule has 134 valence electrons. The number of carbonyl (C=O) groups excluding carboxylic acids is 1. The second-order valence-electron chi connectivity index (χ2n) is 5.21. The topological polar surface area (TPSA) is 87.9 Å². The molecule has 2 rings (SSSR count). The zero-order chi connectivity index (χ0) is 18.9. The van der Waals surface area contributed by atoms with Gasteiger partial charge in [0.15, 0.2) is 6.61 Å². The van der Waals surface area contributed by atoms with Crippen LogP contribution < -0.4 is 9.47 Å². The molecule has 1 atom stereocenters. The van der Waals surface area contributed by atoms with Gasteiger partial charge in [-0.05, 0) is 19.1 Å². The van der Waals surface area contributed by atoms with E-state index >= 15 is 0 Å². The summed E-state index contributed by atoms with van der Waals surface area (Å²) in [6, 6.07) is 12.6. The standard InChI is InChI=1S/C19H17NO6/c1-3-11-24-18-10-5-4-9-17(18)14(2)26-19(21)13-25-16-8-6-7-15(12-16)20(22)23/h1,4-10,12,14H,11,13H2,2H3. The predicted octanol–water partition coefficient (Wildman–Crippen LogP) is 3.29. The summed E-state index contributed by atoms with van der Waals surface area (Å²) in [6.07, 6.45) is 4.61. The van der Waals surface area contributed by atoms with Gasteiger partial charge in [-0.3, -0.25) is 10.1 Å². The lowest BCUT2D eigenvalue weighted by atomic mass is 10.1. The van der Waals surface area contributed by atoms with Crippen molar-refractivity contribution in [3.8, 4) is 23.8 Å². The van der Waals surface area contributed by atoms with E-state index in [4.69, 9.17) is 20.6 Å². The first-order valence-corrected chi connectivity index (χ1v) is 7.73. The van der Waals surface area contributed by atoms with Crippen molar-refractivity contribution >= 4 is 11.7 Å². The summed E-state index contributed by atoms with van der Waals surface area (Å²) in [4.78, 5) is 22.2. The van der Waals surface area contributed by atoms with Gasteiger partial charge in [0.05, 0.1) is 11.0 Å². The molecule has 26 heavy (non-hydrogen) atoms. The number of nitro benzene ring substituents is 1. The third-order valence-corrected chi connectivity index (χ3v) is 3.36. The minimum Gasteiger partial charge on any atom is -0.482 e. The van der Waals surface area contributed by atoms with Crippen LogP contribution in [0.1, 0.15) is 18.6 Å². The molecule has 0 heterocycles. The van der Waals surface area contributed by atoms with E-state index < -0.39 is 17.0 Å². The third kappa shape index (κ3) is 5.24. The van der Waals surface area contributed by atoms with Crippen molar-refractivity contribution in [1.29, 1.82) is 0 Å². The van der Waals surface area contributed by atoms with Crippen LogP contribution in [0, 0.1) is 22.5 Å². The number of hydrogen-bond donors (Lipinski definition) is 0. The average Bonchev–Trinajstić information content (AvgIpc) is 2.65. The number of para-hydroxylation sites is 1. The normalized spacial score (nSPS) is 11.1. The minimum absolute atomic E-state index is 0.105. The number of carbonyl (C=O) groups is 1. The van der Waals surface area contributed by atoms with Crippen LogP contribution in [0.4, 0.5) is 5.69 Å². The predicted molar refractivity (Wildman–Crippen MR) is 93.9 cm³/mol. The summed E-state index contributed by atoms with van der Waals surface area (Å²) in [5.41, 5.74) is 0.551. The van der Waals surface area contributed by atoms with Crippen molar-refractivity contribution in [3.05, 3.63) is 64.2 Å². The number of non-ortho nitro benzene ring substituents is 1. The van der Waals surface area contributed by atoms with Gasteiger partial charge in [0.1, 0.15) is 24.2 Å². The molecule has 0 N–H and O–H groups in total. The Hall–Kier alpha value is -3.53. The van der Waals surface area contributed by atoms with Gasteiger partial charge in [0.2, 0.25) is 0 Å². The first-order valence-electron chi connectivity index (χ1n) is 7.73. The Balaban J connectivity index is 1.95. The average molecular weight is 355 g/mol. The van der Waals surface area contributed by atoms with Crippen LogP contribution in [-0.4, -0.2) is 24.1 Å². The lowest BCUT2D eigenvalue weighted by molar-refractivity contribution is -0.384. The molecule has 0 fully saturated rings. The second-order valence-corrected chi connectivity index (χ2v) is 5.21. The van der Waals surface area contributed by atoms with Crippen LogP contribution in [0.25, 0.3) is 0 Å². The Morgan fingerprint density at radius 2 is 2.00 bits per heavy atom. The van der Waals surface area contributed by atoms with Crippen molar-refractivity contribution in [3.63, 3.8) is 0 Å². The van der Waals surface area contributed by atoms with Gasteiger partial charge in [-0.2, -0.15) is 0 Å². The molecule has 0 saturated carbocycles. The number of hydrogen-bond acceptors (Lipinski definition) is 6. The quantitative estimate of drug-likeness (QED) is 0.312. The summed E-state index contributed by atoms with van der Waals surface area (Å²) in [7, 11) is 0. The van der Waals surface area contributed by atoms with E-state index in [0.29, 0.717) is 11.3 Å². The molecule has 0 aromatic heterocycles. The highest BCUT2D eigenvalue weighted by atomic mass is 16.6. The van der Waals surface area contributed by atoms with Crippen LogP contribution in [-0.2, 0) is 9.53 Å². The number of terminal acetylenes is 1. The maximum Gasteiger partial charge on any atom is 0.344 e. The number of benzene rings is 2. The molecule has 7 nitrogen and oxygen atoms in total. The molecule has 0 aliphatic carbocycles. The Morgan fingerprint density at radius 3 is 2.73 bits per heavy atom. The Morgan fingerprint density at radius 1 is 1.23 bits per heavy atom. The molecule has 0 amide bonds. The van der Waals surface area contributed by atoms with Crippen LogP contribution >= 0.6 is 0 Å². The van der Waals surface area contributed by atoms with Crippen molar-refractivity contribution in [2.45, 2.75) is 13.0 Å². The molecular weight excluding hydrogens is 338 g/mol. The van der Waals surface area contributed by atoms with Crippen molar-refractivity contribution < 1.29 is 23.9 Å². The minimum atomic E-state index is -0.615. The fourth-order valence-corrected chi connectivity index (χ4v) is 2.19. The molecule has 2 aromatic rings. The smallest absolute Gasteiger partial charge is 0.344 e. The molecule has 0 saturated heterocycles. The monoisotopic (exact) mass is 355 g/mol. The van der Waals surface area contributed by atoms with Gasteiger partial charge in [-0.1, -0.05) is 30.2 Å². The fourth-order valence-electron chi connectivity index (χ4n) is 2.19. The molecule has 0 radical (unpaired) electrons. The van der Waals surface area contributed by atoms with Gasteiger partial charge in [-0.15, -0.1) is 6.42 Å². The molecular formula is C19H17NO6. The third-order valence-electron chi connectivity index (χ3n) is 3.36. The van der Waals surface area contributed by atoms with Crippen molar-refractivity contribution in [1.82, 2.24) is 0 Å². The van der Waals surface area contributed by atoms with E-state index in [-0.39, 0.29) is 24.7 Å². The van der Waals surface area contributed by atoms with Crippen LogP contribution in [0.15, 0.2) is 48.5 Å². The summed E-state index contributed by atoms with van der Waals surface area (Å²) >= 11 is 0. The highest BCUT2D eigenvalue weighted by molar-refractivity contribution is 5.71. The summed E-state index contributed by atoms with van der Waals surface area (Å²) < 4.78 is 16.0. The van der Waals surface area contributed by atoms with Gasteiger partial charge in [-0.25, -0.2) is 4.79 Å². The second kappa shape index (κ2) is 9.08. The first kappa shape index (κ1) is 18.8. The van der Waals surface area contributed by atoms with E-state index in [1.54, 1.807) is 31.2 Å². The van der Waals surface area contributed by atoms with Gasteiger partial charge >= 0.3 is 5.97 Å². The van der Waals surface area contributed by atoms with E-state index in [0.717, 1.165) is 0 Å². The maximum atomic E-state index is 12.0. The Bertz CT molecular complexity index is 827. The molecule has 0 aliphatic rings. The van der Waals surface area contributed by atoms with Gasteiger partial charge in [0, 0.05) is 11.6 Å². The zero-order valence-corrected chi connectivity index (χ0v) is 14.1. The number of nitrogens with zero attached hydrogens (tertiary/aromatic N) is 1. The highest BCUT2D eigenvalue weighted by Crippen LogP contribution is 2.27. The molecule has 0 bridgehead atoms. The van der Waals surface area contributed by atoms with Crippen molar-refractivity contribution in [2.24, 2.45) is 0 Å². The first-order chi connectivity index (χ1) is 12.5. The Kier molecular flexibility index (Phi) is 6.57. The molecule has 0 spiro atoms. The lowest BCUT2D eigenvalue weighted by Gasteiger charge is -2.17. The van der Waals surface area contributed by atoms with E-state index in [1.807, 2.05) is 0 Å². The zero-order valence-electron chi connectivity index (χ0n) is 14.1. The SMILES string of the molecule is C#CCOc1ccccc1C(C)OC(=O)COc1cccc([N+](=O)[O-])c1. The largest absolute Gasteiger partial charge is 0.482 e. The van der Waals surface area contributed by atoms with Crippen LogP contribution in [0.2, 0.25) is 0 Å². The number of esters is 1. The molecule has 7 heteroatoms. The van der Waals surface area contributed by atoms with Crippen LogP contribution in [0.3, 0.4) is 0 Å². The highest BCUT2D eigenvalue weighted by Gasteiger charge is 2.17. The van der Waals surface area contributed by atoms with E-state index in [2.05, 4.69) is 5.92 Å². The fraction of sp³-hybridized carbons (Fsp3) is 0.211. The molecule has 2 aromatic carbocycles. The summed E-state index contributed by atoms with van der Waals surface area (Å²) in [6.45, 7) is 1.43. The van der Waals surface area contributed by atoms with Gasteiger partial charge in [0.25, 0.3) is 5.69 Å².